The van der Waals surface area contributed by atoms with Gasteiger partial charge in [0.1, 0.15) is 0 Å². The Kier molecular flexibility index (Phi) is 2.90. The molecule has 0 bridgehead atoms. The molecule has 7 nitrogen and oxygen atoms in total. The molecule has 1 aromatic rings. The van der Waals surface area contributed by atoms with Gasteiger partial charge in [-0.25, -0.2) is 4.68 Å². The monoisotopic (exact) mass is 235 g/mol. The lowest BCUT2D eigenvalue weighted by molar-refractivity contribution is -0.125. The smallest absolute Gasteiger partial charge is 0.270 e. The van der Waals surface area contributed by atoms with Gasteiger partial charge < -0.3 is 10.6 Å². The van der Waals surface area contributed by atoms with E-state index in [1.165, 1.54) is 12.3 Å². The molecule has 2 rings (SSSR count). The Morgan fingerprint density at radius 2 is 2.35 bits per heavy atom. The number of nitrogens with zero attached hydrogens (tertiary/aromatic N) is 4. The Morgan fingerprint density at radius 3 is 2.94 bits per heavy atom. The van der Waals surface area contributed by atoms with E-state index in [0.717, 1.165) is 6.42 Å². The van der Waals surface area contributed by atoms with E-state index in [1.807, 2.05) is 0 Å². The fourth-order valence-electron chi connectivity index (χ4n) is 1.86. The zero-order valence-electron chi connectivity index (χ0n) is 9.24. The second-order valence-corrected chi connectivity index (χ2v) is 3.88. The average Bonchev–Trinajstić information content (AvgIpc) is 2.95. The van der Waals surface area contributed by atoms with Crippen LogP contribution in [-0.4, -0.2) is 44.8 Å². The number of primary amides is 1. The first-order valence-electron chi connectivity index (χ1n) is 5.25. The molecule has 0 spiro atoms. The normalized spacial score (nSPS) is 19.3. The van der Waals surface area contributed by atoms with Crippen LogP contribution in [-0.2, 0) is 4.79 Å². The van der Waals surface area contributed by atoms with E-state index < -0.39 is 5.91 Å². The first kappa shape index (κ1) is 11.3. The molecule has 90 valence electrons. The predicted octanol–water partition coefficient (Wildman–Crippen LogP) is -0.664. The molecule has 1 fully saturated rings. The molecule has 1 atom stereocenters. The van der Waals surface area contributed by atoms with Crippen LogP contribution in [0.5, 0.6) is 0 Å². The Hall–Kier alpha value is -2.18. The van der Waals surface area contributed by atoms with Crippen LogP contribution in [0.3, 0.4) is 0 Å². The van der Waals surface area contributed by atoms with Crippen LogP contribution in [0.4, 0.5) is 0 Å². The molecule has 1 unspecified atom stereocenters. The number of hydrogen-bond donors (Lipinski definition) is 1. The van der Waals surface area contributed by atoms with E-state index in [2.05, 4.69) is 16.9 Å². The molecule has 1 aliphatic heterocycles. The van der Waals surface area contributed by atoms with Crippen LogP contribution < -0.4 is 5.73 Å². The van der Waals surface area contributed by atoms with Crippen LogP contribution in [0.15, 0.2) is 18.9 Å². The summed E-state index contributed by atoms with van der Waals surface area (Å²) in [5.41, 5.74) is 5.23. The van der Waals surface area contributed by atoms with Crippen molar-refractivity contribution in [2.45, 2.75) is 12.5 Å². The zero-order chi connectivity index (χ0) is 12.4. The van der Waals surface area contributed by atoms with E-state index >= 15 is 0 Å². The first-order chi connectivity index (χ1) is 8.11. The summed E-state index contributed by atoms with van der Waals surface area (Å²) in [7, 11) is 0. The molecule has 1 aliphatic rings. The van der Waals surface area contributed by atoms with Crippen LogP contribution in [0.1, 0.15) is 23.0 Å². The third-order valence-corrected chi connectivity index (χ3v) is 2.79. The first-order valence-corrected chi connectivity index (χ1v) is 5.25. The molecule has 17 heavy (non-hydrogen) atoms. The molecule has 2 heterocycles. The fourth-order valence-corrected chi connectivity index (χ4v) is 1.86. The molecule has 1 aromatic heterocycles. The number of likely N-dealkylation sites (tertiary alicyclic amines) is 1. The predicted molar refractivity (Wildman–Crippen MR) is 59.0 cm³/mol. The van der Waals surface area contributed by atoms with Crippen molar-refractivity contribution in [2.24, 2.45) is 5.73 Å². The van der Waals surface area contributed by atoms with E-state index in [9.17, 15) is 9.59 Å². The maximum atomic E-state index is 11.4. The molecular weight excluding hydrogens is 222 g/mol. The van der Waals surface area contributed by atoms with Gasteiger partial charge in [0, 0.05) is 13.1 Å². The minimum absolute atomic E-state index is 0.0412. The number of rotatable bonds is 3. The van der Waals surface area contributed by atoms with Crippen molar-refractivity contribution in [1.82, 2.24) is 19.9 Å². The number of carbonyl (C=O) groups is 2. The minimum Gasteiger partial charge on any atom is -0.364 e. The number of aromatic nitrogens is 3. The van der Waals surface area contributed by atoms with Crippen LogP contribution in [0.25, 0.3) is 0 Å². The molecule has 1 saturated heterocycles. The fraction of sp³-hybridized carbons (Fsp3) is 0.400. The van der Waals surface area contributed by atoms with Gasteiger partial charge in [-0.2, -0.15) is 0 Å². The topological polar surface area (TPSA) is 94.1 Å². The highest BCUT2D eigenvalue weighted by molar-refractivity contribution is 5.90. The van der Waals surface area contributed by atoms with Gasteiger partial charge in [0.15, 0.2) is 5.69 Å². The van der Waals surface area contributed by atoms with Gasteiger partial charge in [-0.3, -0.25) is 9.59 Å². The van der Waals surface area contributed by atoms with Gasteiger partial charge >= 0.3 is 0 Å². The maximum absolute atomic E-state index is 11.4. The highest BCUT2D eigenvalue weighted by Gasteiger charge is 2.27. The number of nitrogens with two attached hydrogens (primary N) is 1. The van der Waals surface area contributed by atoms with E-state index in [0.29, 0.717) is 13.1 Å². The van der Waals surface area contributed by atoms with Crippen LogP contribution in [0.2, 0.25) is 0 Å². The zero-order valence-corrected chi connectivity index (χ0v) is 9.24. The van der Waals surface area contributed by atoms with Crippen molar-refractivity contribution >= 4 is 11.8 Å². The summed E-state index contributed by atoms with van der Waals surface area (Å²) in [5, 5.41) is 7.51. The molecule has 7 heteroatoms. The van der Waals surface area contributed by atoms with Gasteiger partial charge in [0.05, 0.1) is 12.2 Å². The third-order valence-electron chi connectivity index (χ3n) is 2.79. The molecule has 0 saturated carbocycles. The van der Waals surface area contributed by atoms with E-state index in [-0.39, 0.29) is 17.6 Å². The largest absolute Gasteiger partial charge is 0.364 e. The van der Waals surface area contributed by atoms with E-state index in [1.54, 1.807) is 9.58 Å². The third kappa shape index (κ3) is 2.17. The van der Waals surface area contributed by atoms with Crippen molar-refractivity contribution in [1.29, 1.82) is 0 Å². The average molecular weight is 235 g/mol. The molecule has 2 N–H and O–H groups in total. The number of hydrogen-bond acceptors (Lipinski definition) is 4. The van der Waals surface area contributed by atoms with Gasteiger partial charge in [0.25, 0.3) is 5.91 Å². The molecule has 0 aromatic carbocycles. The second-order valence-electron chi connectivity index (χ2n) is 3.88. The highest BCUT2D eigenvalue weighted by atomic mass is 16.2. The minimum atomic E-state index is -0.603. The van der Waals surface area contributed by atoms with Gasteiger partial charge in [-0.1, -0.05) is 11.8 Å². The van der Waals surface area contributed by atoms with E-state index in [4.69, 9.17) is 5.73 Å². The van der Waals surface area contributed by atoms with Gasteiger partial charge in [-0.05, 0) is 12.5 Å². The van der Waals surface area contributed by atoms with Crippen molar-refractivity contribution in [2.75, 3.05) is 13.1 Å². The van der Waals surface area contributed by atoms with Crippen molar-refractivity contribution < 1.29 is 9.59 Å². The lowest BCUT2D eigenvalue weighted by Gasteiger charge is -2.13. The maximum Gasteiger partial charge on any atom is 0.270 e. The summed E-state index contributed by atoms with van der Waals surface area (Å²) < 4.78 is 1.58. The second kappa shape index (κ2) is 4.36. The molecular formula is C10H13N5O2. The summed E-state index contributed by atoms with van der Waals surface area (Å²) in [5.74, 6) is -0.698. The molecule has 2 amide bonds. The summed E-state index contributed by atoms with van der Waals surface area (Å²) in [6.07, 6.45) is 3.58. The SMILES string of the molecule is C=CC(=O)N1CCC(n2cc(C(N)=O)nn2)C1. The van der Waals surface area contributed by atoms with Crippen molar-refractivity contribution in [3.05, 3.63) is 24.5 Å². The Bertz CT molecular complexity index is 467. The summed E-state index contributed by atoms with van der Waals surface area (Å²) in [6.45, 7) is 4.65. The van der Waals surface area contributed by atoms with Crippen molar-refractivity contribution in [3.63, 3.8) is 0 Å². The lowest BCUT2D eigenvalue weighted by atomic mass is 10.3. The summed E-state index contributed by atoms with van der Waals surface area (Å²) in [4.78, 5) is 24.0. The molecule has 0 aliphatic carbocycles. The Morgan fingerprint density at radius 1 is 1.59 bits per heavy atom. The highest BCUT2D eigenvalue weighted by Crippen LogP contribution is 2.20. The Balaban J connectivity index is 2.07. The van der Waals surface area contributed by atoms with Gasteiger partial charge in [0.2, 0.25) is 5.91 Å². The standard InChI is InChI=1S/C10H13N5O2/c1-2-9(16)14-4-3-7(5-14)15-6-8(10(11)17)12-13-15/h2,6-7H,1,3-5H2,(H2,11,17). The van der Waals surface area contributed by atoms with Crippen molar-refractivity contribution in [3.8, 4) is 0 Å². The Labute approximate surface area is 97.9 Å². The summed E-state index contributed by atoms with van der Waals surface area (Å²) >= 11 is 0. The number of amides is 2. The number of carbonyl (C=O) groups excluding carboxylic acids is 2. The molecule has 0 radical (unpaired) electrons. The summed E-state index contributed by atoms with van der Waals surface area (Å²) in [6, 6.07) is 0.0412. The van der Waals surface area contributed by atoms with Gasteiger partial charge in [-0.15, -0.1) is 5.10 Å². The quantitative estimate of drug-likeness (QED) is 0.703. The lowest BCUT2D eigenvalue weighted by Crippen LogP contribution is -2.27. The van der Waals surface area contributed by atoms with Crippen LogP contribution in [0, 0.1) is 0 Å². The van der Waals surface area contributed by atoms with Crippen LogP contribution >= 0.6 is 0 Å².